The van der Waals surface area contributed by atoms with E-state index >= 15 is 0 Å². The lowest BCUT2D eigenvalue weighted by Crippen LogP contribution is -2.49. The summed E-state index contributed by atoms with van der Waals surface area (Å²) in [7, 11) is 0. The van der Waals surface area contributed by atoms with E-state index in [9.17, 15) is 9.59 Å². The Morgan fingerprint density at radius 1 is 1.31 bits per heavy atom. The Morgan fingerprint density at radius 2 is 2.12 bits per heavy atom. The molecule has 2 heterocycles. The first-order valence-corrected chi connectivity index (χ1v) is 9.52. The Labute approximate surface area is 155 Å². The minimum atomic E-state index is -0.0352. The smallest absolute Gasteiger partial charge is 0.251 e. The summed E-state index contributed by atoms with van der Waals surface area (Å²) < 4.78 is 5.53. The van der Waals surface area contributed by atoms with Crippen LogP contribution in [0.3, 0.4) is 0 Å². The number of carbonyl (C=O) groups excluding carboxylic acids is 2. The van der Waals surface area contributed by atoms with Gasteiger partial charge < -0.3 is 19.9 Å². The van der Waals surface area contributed by atoms with Crippen LogP contribution in [-0.4, -0.2) is 61.6 Å². The third-order valence-electron chi connectivity index (χ3n) is 4.93. The summed E-state index contributed by atoms with van der Waals surface area (Å²) in [6.45, 7) is 9.02. The molecule has 1 N–H and O–H groups in total. The molecule has 2 aliphatic rings. The predicted octanol–water partition coefficient (Wildman–Crippen LogP) is 1.82. The molecule has 2 amide bonds. The number of carbonyl (C=O) groups is 2. The van der Waals surface area contributed by atoms with Gasteiger partial charge in [0.1, 0.15) is 0 Å². The van der Waals surface area contributed by atoms with Crippen molar-refractivity contribution < 1.29 is 14.3 Å². The summed E-state index contributed by atoms with van der Waals surface area (Å²) in [5, 5.41) is 2.97. The molecule has 0 aliphatic carbocycles. The molecule has 0 bridgehead atoms. The van der Waals surface area contributed by atoms with Crippen molar-refractivity contribution in [1.29, 1.82) is 0 Å². The number of morpholine rings is 1. The van der Waals surface area contributed by atoms with Crippen LogP contribution < -0.4 is 10.2 Å². The third kappa shape index (κ3) is 4.18. The van der Waals surface area contributed by atoms with E-state index in [1.165, 1.54) is 0 Å². The van der Waals surface area contributed by atoms with Crippen molar-refractivity contribution in [1.82, 2.24) is 10.2 Å². The lowest BCUT2D eigenvalue weighted by atomic mass is 9.95. The average Bonchev–Trinajstić information content (AvgIpc) is 2.61. The summed E-state index contributed by atoms with van der Waals surface area (Å²) >= 11 is 0. The molecule has 3 rings (SSSR count). The zero-order valence-electron chi connectivity index (χ0n) is 16.0. The highest BCUT2D eigenvalue weighted by atomic mass is 16.5. The maximum atomic E-state index is 12.7. The second-order valence-electron chi connectivity index (χ2n) is 7.48. The third-order valence-corrected chi connectivity index (χ3v) is 4.93. The standard InChI is InChI=1S/C20H29N3O3/c1-14(2)21-20(25)17-6-4-8-18-16(17)7-5-9-22(18)13-19(24)23-10-11-26-15(3)12-23/h4,6,8,14-15H,5,7,9-13H2,1-3H3,(H,21,25)/t15-/m1/s1. The summed E-state index contributed by atoms with van der Waals surface area (Å²) in [5.41, 5.74) is 2.80. The molecule has 26 heavy (non-hydrogen) atoms. The Kier molecular flexibility index (Phi) is 5.81. The SMILES string of the molecule is CC(C)NC(=O)c1cccc2c1CCCN2CC(=O)N1CCO[C@H](C)C1. The lowest BCUT2D eigenvalue weighted by molar-refractivity contribution is -0.136. The molecule has 0 spiro atoms. The minimum absolute atomic E-state index is 0.0352. The first-order chi connectivity index (χ1) is 12.5. The lowest BCUT2D eigenvalue weighted by Gasteiger charge is -2.36. The average molecular weight is 359 g/mol. The van der Waals surface area contributed by atoms with Crippen molar-refractivity contribution in [2.45, 2.75) is 45.8 Å². The van der Waals surface area contributed by atoms with Crippen LogP contribution in [0.1, 0.15) is 43.1 Å². The molecular weight excluding hydrogens is 330 g/mol. The fourth-order valence-electron chi connectivity index (χ4n) is 3.73. The molecule has 1 saturated heterocycles. The van der Waals surface area contributed by atoms with Gasteiger partial charge in [-0.2, -0.15) is 0 Å². The van der Waals surface area contributed by atoms with E-state index in [0.29, 0.717) is 26.2 Å². The van der Waals surface area contributed by atoms with Crippen molar-refractivity contribution in [2.75, 3.05) is 37.7 Å². The normalized spacial score (nSPS) is 20.1. The quantitative estimate of drug-likeness (QED) is 0.891. The highest BCUT2D eigenvalue weighted by Gasteiger charge is 2.27. The van der Waals surface area contributed by atoms with Crippen molar-refractivity contribution >= 4 is 17.5 Å². The van der Waals surface area contributed by atoms with E-state index in [1.54, 1.807) is 0 Å². The van der Waals surface area contributed by atoms with Crippen molar-refractivity contribution in [2.24, 2.45) is 0 Å². The minimum Gasteiger partial charge on any atom is -0.375 e. The van der Waals surface area contributed by atoms with Gasteiger partial charge >= 0.3 is 0 Å². The molecule has 0 saturated carbocycles. The molecular formula is C20H29N3O3. The summed E-state index contributed by atoms with van der Waals surface area (Å²) in [6, 6.07) is 5.91. The van der Waals surface area contributed by atoms with Gasteiger partial charge in [-0.15, -0.1) is 0 Å². The summed E-state index contributed by atoms with van der Waals surface area (Å²) in [4.78, 5) is 29.3. The van der Waals surface area contributed by atoms with Crippen molar-refractivity contribution in [3.05, 3.63) is 29.3 Å². The van der Waals surface area contributed by atoms with Crippen LogP contribution in [0.15, 0.2) is 18.2 Å². The highest BCUT2D eigenvalue weighted by Crippen LogP contribution is 2.30. The van der Waals surface area contributed by atoms with Crippen LogP contribution in [0.25, 0.3) is 0 Å². The maximum absolute atomic E-state index is 12.7. The first-order valence-electron chi connectivity index (χ1n) is 9.52. The van der Waals surface area contributed by atoms with Gasteiger partial charge in [0.15, 0.2) is 0 Å². The number of amides is 2. The molecule has 2 aliphatic heterocycles. The van der Waals surface area contributed by atoms with Gasteiger partial charge in [-0.1, -0.05) is 6.07 Å². The van der Waals surface area contributed by atoms with Crippen LogP contribution in [0.5, 0.6) is 0 Å². The van der Waals surface area contributed by atoms with Crippen molar-refractivity contribution in [3.63, 3.8) is 0 Å². The number of benzene rings is 1. The van der Waals surface area contributed by atoms with Gasteiger partial charge in [-0.25, -0.2) is 0 Å². The Hall–Kier alpha value is -2.08. The molecule has 142 valence electrons. The van der Waals surface area contributed by atoms with Crippen LogP contribution in [-0.2, 0) is 16.0 Å². The van der Waals surface area contributed by atoms with E-state index in [-0.39, 0.29) is 24.0 Å². The van der Waals surface area contributed by atoms with E-state index < -0.39 is 0 Å². The molecule has 0 aromatic heterocycles. The Morgan fingerprint density at radius 3 is 2.85 bits per heavy atom. The summed E-state index contributed by atoms with van der Waals surface area (Å²) in [5.74, 6) is 0.0945. The van der Waals surface area contributed by atoms with Gasteiger partial charge in [0, 0.05) is 36.9 Å². The first kappa shape index (κ1) is 18.7. The van der Waals surface area contributed by atoms with Crippen LogP contribution in [0, 0.1) is 0 Å². The van der Waals surface area contributed by atoms with Crippen LogP contribution in [0.2, 0.25) is 0 Å². The number of rotatable bonds is 4. The number of hydrogen-bond donors (Lipinski definition) is 1. The topological polar surface area (TPSA) is 61.9 Å². The molecule has 6 nitrogen and oxygen atoms in total. The highest BCUT2D eigenvalue weighted by molar-refractivity contribution is 5.97. The Bertz CT molecular complexity index is 674. The predicted molar refractivity (Wildman–Crippen MR) is 102 cm³/mol. The van der Waals surface area contributed by atoms with Crippen LogP contribution in [0.4, 0.5) is 5.69 Å². The fourth-order valence-corrected chi connectivity index (χ4v) is 3.73. The summed E-state index contributed by atoms with van der Waals surface area (Å²) in [6.07, 6.45) is 1.91. The molecule has 1 fully saturated rings. The van der Waals surface area contributed by atoms with Gasteiger partial charge in [-0.3, -0.25) is 9.59 Å². The Balaban J connectivity index is 1.76. The molecule has 0 radical (unpaired) electrons. The van der Waals surface area contributed by atoms with Gasteiger partial charge in [0.05, 0.1) is 19.3 Å². The number of nitrogens with zero attached hydrogens (tertiary/aromatic N) is 2. The zero-order chi connectivity index (χ0) is 18.7. The van der Waals surface area contributed by atoms with Crippen molar-refractivity contribution in [3.8, 4) is 0 Å². The molecule has 1 aromatic rings. The van der Waals surface area contributed by atoms with Gasteiger partial charge in [0.2, 0.25) is 5.91 Å². The second-order valence-corrected chi connectivity index (χ2v) is 7.48. The number of anilines is 1. The second kappa shape index (κ2) is 8.08. The molecule has 6 heteroatoms. The largest absolute Gasteiger partial charge is 0.375 e. The van der Waals surface area contributed by atoms with E-state index in [4.69, 9.17) is 4.74 Å². The molecule has 1 atom stereocenters. The van der Waals surface area contributed by atoms with Crippen LogP contribution >= 0.6 is 0 Å². The number of fused-ring (bicyclic) bond motifs is 1. The van der Waals surface area contributed by atoms with E-state index in [1.807, 2.05) is 43.9 Å². The van der Waals surface area contributed by atoms with E-state index in [0.717, 1.165) is 36.2 Å². The monoisotopic (exact) mass is 359 g/mol. The zero-order valence-corrected chi connectivity index (χ0v) is 16.0. The fraction of sp³-hybridized carbons (Fsp3) is 0.600. The van der Waals surface area contributed by atoms with Gasteiger partial charge in [-0.05, 0) is 51.3 Å². The maximum Gasteiger partial charge on any atom is 0.251 e. The molecule has 0 unspecified atom stereocenters. The molecule has 1 aromatic carbocycles. The number of hydrogen-bond acceptors (Lipinski definition) is 4. The van der Waals surface area contributed by atoms with E-state index in [2.05, 4.69) is 10.2 Å². The number of nitrogens with one attached hydrogen (secondary N) is 1. The van der Waals surface area contributed by atoms with Gasteiger partial charge in [0.25, 0.3) is 5.91 Å². The number of ether oxygens (including phenoxy) is 1.